The van der Waals surface area contributed by atoms with Gasteiger partial charge < -0.3 is 10.8 Å². The van der Waals surface area contributed by atoms with Gasteiger partial charge in [0.15, 0.2) is 0 Å². The Balaban J connectivity index is 2.28. The van der Waals surface area contributed by atoms with Crippen LogP contribution in [0.15, 0.2) is 30.3 Å². The summed E-state index contributed by atoms with van der Waals surface area (Å²) in [5, 5.41) is 9.32. The first-order chi connectivity index (χ1) is 8.32. The van der Waals surface area contributed by atoms with Crippen LogP contribution in [-0.2, 0) is 0 Å². The summed E-state index contributed by atoms with van der Waals surface area (Å²) in [7, 11) is 0. The van der Waals surface area contributed by atoms with Gasteiger partial charge in [-0.25, -0.2) is 0 Å². The molecule has 0 heterocycles. The zero-order valence-electron chi connectivity index (χ0n) is 10.4. The molecule has 0 bridgehead atoms. The number of hydrogen-bond acceptors (Lipinski definition) is 2. The van der Waals surface area contributed by atoms with Crippen LogP contribution in [0.2, 0.25) is 0 Å². The number of hydrogen-bond donors (Lipinski definition) is 2. The van der Waals surface area contributed by atoms with Gasteiger partial charge in [0.25, 0.3) is 0 Å². The van der Waals surface area contributed by atoms with Gasteiger partial charge in [-0.3, -0.25) is 0 Å². The molecule has 1 aromatic rings. The van der Waals surface area contributed by atoms with Gasteiger partial charge in [-0.15, -0.1) is 0 Å². The summed E-state index contributed by atoms with van der Waals surface area (Å²) in [5.74, 6) is 0.523. The molecule has 1 saturated carbocycles. The van der Waals surface area contributed by atoms with Gasteiger partial charge in [0.05, 0.1) is 0 Å². The van der Waals surface area contributed by atoms with Gasteiger partial charge in [-0.05, 0) is 42.7 Å². The maximum atomic E-state index is 9.32. The number of nitrogens with two attached hydrogens (primary N) is 1. The quantitative estimate of drug-likeness (QED) is 0.840. The van der Waals surface area contributed by atoms with E-state index in [4.69, 9.17) is 5.73 Å². The van der Waals surface area contributed by atoms with E-state index in [1.54, 1.807) is 0 Å². The van der Waals surface area contributed by atoms with Crippen LogP contribution in [0.25, 0.3) is 0 Å². The largest absolute Gasteiger partial charge is 0.396 e. The first kappa shape index (κ1) is 12.6. The molecule has 1 aliphatic rings. The van der Waals surface area contributed by atoms with Crippen molar-refractivity contribution in [3.63, 3.8) is 0 Å². The highest BCUT2D eigenvalue weighted by Crippen LogP contribution is 2.48. The van der Waals surface area contributed by atoms with E-state index in [0.717, 1.165) is 12.8 Å². The van der Waals surface area contributed by atoms with Crippen LogP contribution in [0.3, 0.4) is 0 Å². The molecular weight excluding hydrogens is 210 g/mol. The monoisotopic (exact) mass is 233 g/mol. The summed E-state index contributed by atoms with van der Waals surface area (Å²) in [4.78, 5) is 0. The normalized spacial score (nSPS) is 29.2. The van der Waals surface area contributed by atoms with Crippen LogP contribution in [0.1, 0.15) is 43.6 Å². The lowest BCUT2D eigenvalue weighted by molar-refractivity contribution is 0.110. The smallest absolute Gasteiger partial charge is 0.0437 e. The van der Waals surface area contributed by atoms with Crippen molar-refractivity contribution in [1.82, 2.24) is 0 Å². The highest BCUT2D eigenvalue weighted by molar-refractivity contribution is 5.23. The number of rotatable bonds is 4. The Morgan fingerprint density at radius 1 is 1.24 bits per heavy atom. The van der Waals surface area contributed by atoms with Gasteiger partial charge in [-0.2, -0.15) is 0 Å². The molecule has 0 aliphatic heterocycles. The molecule has 0 spiro atoms. The lowest BCUT2D eigenvalue weighted by Gasteiger charge is -2.44. The van der Waals surface area contributed by atoms with E-state index in [0.29, 0.717) is 12.5 Å². The summed E-state index contributed by atoms with van der Waals surface area (Å²) in [6.07, 6.45) is 5.74. The average molecular weight is 233 g/mol. The van der Waals surface area contributed by atoms with Crippen LogP contribution in [0, 0.1) is 5.41 Å². The molecule has 94 valence electrons. The zero-order valence-corrected chi connectivity index (χ0v) is 10.4. The van der Waals surface area contributed by atoms with Crippen LogP contribution < -0.4 is 5.73 Å². The highest BCUT2D eigenvalue weighted by Gasteiger charge is 2.39. The minimum absolute atomic E-state index is 0.119. The third kappa shape index (κ3) is 2.53. The van der Waals surface area contributed by atoms with Crippen molar-refractivity contribution in [3.05, 3.63) is 35.9 Å². The Labute approximate surface area is 104 Å². The molecule has 2 heteroatoms. The second kappa shape index (κ2) is 5.65. The molecule has 1 fully saturated rings. The van der Waals surface area contributed by atoms with Crippen LogP contribution >= 0.6 is 0 Å². The maximum absolute atomic E-state index is 9.32. The van der Waals surface area contributed by atoms with Crippen molar-refractivity contribution in [3.8, 4) is 0 Å². The Bertz CT molecular complexity index is 334. The Kier molecular flexibility index (Phi) is 4.19. The first-order valence-electron chi connectivity index (χ1n) is 6.68. The molecule has 2 rings (SSSR count). The standard InChI is InChI=1S/C15H23NO/c16-12-15(10-11-17)9-5-4-8-14(15)13-6-2-1-3-7-13/h1-3,6-7,14,17H,4-5,8-12,16H2. The molecule has 17 heavy (non-hydrogen) atoms. The van der Waals surface area contributed by atoms with E-state index < -0.39 is 0 Å². The second-order valence-electron chi connectivity index (χ2n) is 5.25. The molecule has 2 nitrogen and oxygen atoms in total. The minimum atomic E-state index is 0.119. The van der Waals surface area contributed by atoms with Gasteiger partial charge >= 0.3 is 0 Å². The third-order valence-electron chi connectivity index (χ3n) is 4.37. The highest BCUT2D eigenvalue weighted by atomic mass is 16.3. The average Bonchev–Trinajstić information content (AvgIpc) is 2.40. The van der Waals surface area contributed by atoms with E-state index in [2.05, 4.69) is 30.3 Å². The number of aliphatic hydroxyl groups is 1. The molecule has 0 radical (unpaired) electrons. The van der Waals surface area contributed by atoms with E-state index in [1.165, 1.54) is 24.8 Å². The second-order valence-corrected chi connectivity index (χ2v) is 5.25. The number of benzene rings is 1. The summed E-state index contributed by atoms with van der Waals surface area (Å²) < 4.78 is 0. The first-order valence-corrected chi connectivity index (χ1v) is 6.68. The minimum Gasteiger partial charge on any atom is -0.396 e. The summed E-state index contributed by atoms with van der Waals surface area (Å²) >= 11 is 0. The summed E-state index contributed by atoms with van der Waals surface area (Å²) in [5.41, 5.74) is 7.55. The molecule has 3 N–H and O–H groups in total. The molecule has 2 atom stereocenters. The van der Waals surface area contributed by atoms with Crippen molar-refractivity contribution >= 4 is 0 Å². The van der Waals surface area contributed by atoms with Gasteiger partial charge in [-0.1, -0.05) is 43.2 Å². The Morgan fingerprint density at radius 2 is 2.00 bits per heavy atom. The van der Waals surface area contributed by atoms with E-state index in [9.17, 15) is 5.11 Å². The van der Waals surface area contributed by atoms with Crippen molar-refractivity contribution in [2.75, 3.05) is 13.2 Å². The molecule has 0 saturated heterocycles. The predicted molar refractivity (Wildman–Crippen MR) is 70.8 cm³/mol. The maximum Gasteiger partial charge on any atom is 0.0437 e. The summed E-state index contributed by atoms with van der Waals surface area (Å²) in [6.45, 7) is 0.938. The van der Waals surface area contributed by atoms with Crippen molar-refractivity contribution in [2.45, 2.75) is 38.0 Å². The SMILES string of the molecule is NCC1(CCO)CCCCC1c1ccccc1. The fourth-order valence-electron chi connectivity index (χ4n) is 3.38. The molecule has 2 unspecified atom stereocenters. The van der Waals surface area contributed by atoms with Crippen molar-refractivity contribution < 1.29 is 5.11 Å². The molecule has 1 aliphatic carbocycles. The molecule has 0 amide bonds. The van der Waals surface area contributed by atoms with Gasteiger partial charge in [0, 0.05) is 6.61 Å². The van der Waals surface area contributed by atoms with Crippen LogP contribution in [-0.4, -0.2) is 18.3 Å². The molecule has 1 aromatic carbocycles. The fraction of sp³-hybridized carbons (Fsp3) is 0.600. The van der Waals surface area contributed by atoms with Gasteiger partial charge in [0.2, 0.25) is 0 Å². The third-order valence-corrected chi connectivity index (χ3v) is 4.37. The van der Waals surface area contributed by atoms with Crippen molar-refractivity contribution in [2.24, 2.45) is 11.1 Å². The zero-order chi connectivity index (χ0) is 12.1. The topological polar surface area (TPSA) is 46.2 Å². The van der Waals surface area contributed by atoms with Gasteiger partial charge in [0.1, 0.15) is 0 Å². The van der Waals surface area contributed by atoms with Crippen molar-refractivity contribution in [1.29, 1.82) is 0 Å². The fourth-order valence-corrected chi connectivity index (χ4v) is 3.38. The number of aliphatic hydroxyl groups excluding tert-OH is 1. The Morgan fingerprint density at radius 3 is 2.65 bits per heavy atom. The lowest BCUT2D eigenvalue weighted by Crippen LogP contribution is -2.40. The Hall–Kier alpha value is -0.860. The predicted octanol–water partition coefficient (Wildman–Crippen LogP) is 2.67. The lowest BCUT2D eigenvalue weighted by atomic mass is 9.62. The van der Waals surface area contributed by atoms with Crippen LogP contribution in [0.5, 0.6) is 0 Å². The van der Waals surface area contributed by atoms with E-state index >= 15 is 0 Å². The summed E-state index contributed by atoms with van der Waals surface area (Å²) in [6, 6.07) is 10.7. The molecule has 0 aromatic heterocycles. The molecular formula is C15H23NO. The van der Waals surface area contributed by atoms with Crippen LogP contribution in [0.4, 0.5) is 0 Å². The van der Waals surface area contributed by atoms with E-state index in [-0.39, 0.29) is 12.0 Å². The van der Waals surface area contributed by atoms with E-state index in [1.807, 2.05) is 0 Å².